The van der Waals surface area contributed by atoms with Crippen LogP contribution in [0.3, 0.4) is 0 Å². The first-order valence-corrected chi connectivity index (χ1v) is 13.0. The van der Waals surface area contributed by atoms with Gasteiger partial charge in [0, 0.05) is 22.6 Å². The smallest absolute Gasteiger partial charge is 0.176 e. The van der Waals surface area contributed by atoms with Crippen molar-refractivity contribution in [1.82, 2.24) is 9.55 Å². The van der Waals surface area contributed by atoms with Gasteiger partial charge in [0.25, 0.3) is 0 Å². The third-order valence-electron chi connectivity index (χ3n) is 9.02. The number of imidazole rings is 1. The minimum atomic E-state index is -0.629. The van der Waals surface area contributed by atoms with Crippen LogP contribution in [0.15, 0.2) is 90.5 Å². The predicted octanol–water partition coefficient (Wildman–Crippen LogP) is 7.22. The molecule has 3 atom stereocenters. The van der Waals surface area contributed by atoms with Gasteiger partial charge in [0.2, 0.25) is 0 Å². The number of Topliss-reactive ketones (excluding diaryl/α,β-unsaturated/α-hetero) is 1. The second-order valence-corrected chi connectivity index (χ2v) is 10.9. The Hall–Kier alpha value is -4.30. The Balaban J connectivity index is 1.59. The van der Waals surface area contributed by atoms with Crippen LogP contribution < -0.4 is 0 Å². The molecule has 2 aliphatic carbocycles. The summed E-state index contributed by atoms with van der Waals surface area (Å²) in [5.74, 6) is -0.00156. The number of carbonyl (C=O) groups is 1. The summed E-state index contributed by atoms with van der Waals surface area (Å²) in [5.41, 5.74) is 4.87. The van der Waals surface area contributed by atoms with Crippen molar-refractivity contribution in [1.29, 1.82) is 5.26 Å². The van der Waals surface area contributed by atoms with Crippen LogP contribution in [0.2, 0.25) is 0 Å². The Labute approximate surface area is 222 Å². The lowest BCUT2D eigenvalue weighted by molar-refractivity contribution is -0.125. The highest BCUT2D eigenvalue weighted by Crippen LogP contribution is 2.58. The molecule has 0 bridgehead atoms. The van der Waals surface area contributed by atoms with E-state index in [0.29, 0.717) is 12.1 Å². The number of hydrogen-bond acceptors (Lipinski definition) is 3. The number of allylic oxidation sites excluding steroid dienone is 2. The van der Waals surface area contributed by atoms with Crippen molar-refractivity contribution in [2.75, 3.05) is 0 Å². The van der Waals surface area contributed by atoms with Gasteiger partial charge in [-0.1, -0.05) is 80.6 Å². The first-order valence-electron chi connectivity index (χ1n) is 13.0. The summed E-state index contributed by atoms with van der Waals surface area (Å²) in [6.45, 7) is 6.16. The van der Waals surface area contributed by atoms with Gasteiger partial charge in [0.15, 0.2) is 5.78 Å². The average molecular weight is 502 g/mol. The van der Waals surface area contributed by atoms with Crippen LogP contribution in [0.1, 0.15) is 38.6 Å². The van der Waals surface area contributed by atoms with E-state index in [1.165, 1.54) is 12.1 Å². The molecule has 1 aromatic heterocycles. The maximum Gasteiger partial charge on any atom is 0.176 e. The number of hydrogen-bond donors (Lipinski definition) is 0. The second-order valence-electron chi connectivity index (χ2n) is 10.9. The van der Waals surface area contributed by atoms with Crippen LogP contribution in [-0.4, -0.2) is 15.3 Å². The maximum atomic E-state index is 14.4. The fraction of sp³-hybridized carbons (Fsp3) is 0.242. The summed E-state index contributed by atoms with van der Waals surface area (Å²) in [7, 11) is 0. The summed E-state index contributed by atoms with van der Waals surface area (Å²) in [6, 6.07) is 27.2. The third-order valence-corrected chi connectivity index (χ3v) is 9.02. The molecular weight excluding hydrogens is 473 g/mol. The van der Waals surface area contributed by atoms with E-state index in [9.17, 15) is 14.4 Å². The number of ketones is 1. The first-order chi connectivity index (χ1) is 18.3. The zero-order chi connectivity index (χ0) is 26.7. The van der Waals surface area contributed by atoms with Gasteiger partial charge in [-0.3, -0.25) is 9.36 Å². The van der Waals surface area contributed by atoms with Gasteiger partial charge < -0.3 is 0 Å². The largest absolute Gasteiger partial charge is 0.296 e. The van der Waals surface area contributed by atoms with Gasteiger partial charge in [0.05, 0.1) is 17.0 Å². The molecule has 6 rings (SSSR count). The predicted molar refractivity (Wildman–Crippen MR) is 146 cm³/mol. The molecule has 0 saturated heterocycles. The molecule has 5 heteroatoms. The van der Waals surface area contributed by atoms with E-state index in [-0.39, 0.29) is 23.1 Å². The summed E-state index contributed by atoms with van der Waals surface area (Å²) in [5, 5.41) is 9.78. The van der Waals surface area contributed by atoms with Crippen LogP contribution in [0.25, 0.3) is 28.2 Å². The Kier molecular flexibility index (Phi) is 5.47. The molecule has 0 fully saturated rings. The molecule has 4 aromatic rings. The number of nitriles is 1. The van der Waals surface area contributed by atoms with Crippen LogP contribution >= 0.6 is 0 Å². The van der Waals surface area contributed by atoms with Crippen LogP contribution in [0.5, 0.6) is 0 Å². The van der Waals surface area contributed by atoms with Crippen LogP contribution in [-0.2, 0) is 16.6 Å². The number of halogens is 1. The highest BCUT2D eigenvalue weighted by molar-refractivity contribution is 6.02. The number of benzene rings is 3. The van der Waals surface area contributed by atoms with Crippen LogP contribution in [0.4, 0.5) is 4.39 Å². The SMILES string of the molecule is C[C@H]1C(=O)C(C#N)=C[C@@]2(C)c3nc(-c4ccc(-c5ccccc5)cc4)n(-c4cccc(F)c4)c3CC[C@]12C. The maximum absolute atomic E-state index is 14.4. The van der Waals surface area contributed by atoms with Gasteiger partial charge in [0.1, 0.15) is 17.7 Å². The Morgan fingerprint density at radius 3 is 2.34 bits per heavy atom. The number of aromatic nitrogens is 2. The van der Waals surface area contributed by atoms with Gasteiger partial charge in [-0.25, -0.2) is 9.37 Å². The van der Waals surface area contributed by atoms with Crippen molar-refractivity contribution in [2.45, 2.75) is 39.0 Å². The molecule has 4 nitrogen and oxygen atoms in total. The molecule has 0 N–H and O–H groups in total. The normalized spacial score (nSPS) is 24.2. The fourth-order valence-corrected chi connectivity index (χ4v) is 6.41. The van der Waals surface area contributed by atoms with Crippen molar-refractivity contribution < 1.29 is 9.18 Å². The average Bonchev–Trinajstić information content (AvgIpc) is 3.34. The molecule has 2 aliphatic rings. The van der Waals surface area contributed by atoms with E-state index in [2.05, 4.69) is 60.9 Å². The Bertz CT molecular complexity index is 1640. The monoisotopic (exact) mass is 501 g/mol. The Morgan fingerprint density at radius 1 is 0.974 bits per heavy atom. The van der Waals surface area contributed by atoms with E-state index >= 15 is 0 Å². The summed E-state index contributed by atoms with van der Waals surface area (Å²) < 4.78 is 16.5. The lowest BCUT2D eigenvalue weighted by atomic mass is 9.49. The summed E-state index contributed by atoms with van der Waals surface area (Å²) >= 11 is 0. The van der Waals surface area contributed by atoms with E-state index in [1.807, 2.05) is 37.3 Å². The molecule has 38 heavy (non-hydrogen) atoms. The summed E-state index contributed by atoms with van der Waals surface area (Å²) in [6.07, 6.45) is 3.28. The number of fused-ring (bicyclic) bond motifs is 3. The number of nitrogens with zero attached hydrogens (tertiary/aromatic N) is 3. The molecule has 0 spiro atoms. The van der Waals surface area contributed by atoms with E-state index in [1.54, 1.807) is 6.07 Å². The molecule has 0 radical (unpaired) electrons. The standard InChI is InChI=1S/C33H28FN3O/c1-21-29(38)25(20-35)19-33(3)30-28(16-17-32(21,33)2)37(27-11-7-10-26(34)18-27)31(36-30)24-14-12-23(13-15-24)22-8-5-4-6-9-22/h4-15,18-19,21H,16-17H2,1-3H3/t21-,32+,33-/m0/s1. The lowest BCUT2D eigenvalue weighted by Gasteiger charge is -2.53. The molecule has 0 amide bonds. The van der Waals surface area contributed by atoms with Crippen molar-refractivity contribution in [3.63, 3.8) is 0 Å². The minimum absolute atomic E-state index is 0.0998. The minimum Gasteiger partial charge on any atom is -0.296 e. The van der Waals surface area contributed by atoms with E-state index in [0.717, 1.165) is 40.3 Å². The fourth-order valence-electron chi connectivity index (χ4n) is 6.41. The number of rotatable bonds is 3. The second kappa shape index (κ2) is 8.63. The van der Waals surface area contributed by atoms with Gasteiger partial charge in [-0.15, -0.1) is 0 Å². The van der Waals surface area contributed by atoms with Crippen molar-refractivity contribution in [3.05, 3.63) is 108 Å². The zero-order valence-corrected chi connectivity index (χ0v) is 21.7. The van der Waals surface area contributed by atoms with Crippen molar-refractivity contribution in [3.8, 4) is 34.3 Å². The Morgan fingerprint density at radius 2 is 1.66 bits per heavy atom. The lowest BCUT2D eigenvalue weighted by Crippen LogP contribution is -2.53. The quantitative estimate of drug-likeness (QED) is 0.298. The molecule has 3 aromatic carbocycles. The van der Waals surface area contributed by atoms with Crippen molar-refractivity contribution >= 4 is 5.78 Å². The third kappa shape index (κ3) is 3.40. The van der Waals surface area contributed by atoms with Gasteiger partial charge in [-0.2, -0.15) is 5.26 Å². The molecule has 1 heterocycles. The highest BCUT2D eigenvalue weighted by Gasteiger charge is 2.58. The number of carbonyl (C=O) groups excluding carboxylic acids is 1. The zero-order valence-electron chi connectivity index (χ0n) is 21.7. The van der Waals surface area contributed by atoms with Crippen LogP contribution in [0, 0.1) is 28.5 Å². The first kappa shape index (κ1) is 24.1. The van der Waals surface area contributed by atoms with E-state index in [4.69, 9.17) is 4.98 Å². The van der Waals surface area contributed by atoms with E-state index < -0.39 is 10.8 Å². The molecule has 0 saturated carbocycles. The van der Waals surface area contributed by atoms with Crippen molar-refractivity contribution in [2.24, 2.45) is 11.3 Å². The van der Waals surface area contributed by atoms with Gasteiger partial charge >= 0.3 is 0 Å². The topological polar surface area (TPSA) is 58.7 Å². The molecule has 0 unspecified atom stereocenters. The summed E-state index contributed by atoms with van der Waals surface area (Å²) in [4.78, 5) is 18.2. The molecular formula is C33H28FN3O. The van der Waals surface area contributed by atoms with Gasteiger partial charge in [-0.05, 0) is 54.5 Å². The molecule has 0 aliphatic heterocycles. The molecule has 188 valence electrons. The highest BCUT2D eigenvalue weighted by atomic mass is 19.1.